The van der Waals surface area contributed by atoms with E-state index in [2.05, 4.69) is 6.07 Å². The molecule has 1 N–H and O–H groups in total. The number of phenolic OH excluding ortho intramolecular Hbond substituents is 1. The summed E-state index contributed by atoms with van der Waals surface area (Å²) in [6.45, 7) is 0. The van der Waals surface area contributed by atoms with E-state index in [1.807, 2.05) is 0 Å². The molecule has 1 aromatic rings. The molecule has 0 heterocycles. The molecule has 0 unspecified atom stereocenters. The lowest BCUT2D eigenvalue weighted by Gasteiger charge is -2.10. The van der Waals surface area contributed by atoms with E-state index < -0.39 is 11.2 Å². The second kappa shape index (κ2) is 2.86. The molecule has 0 radical (unpaired) electrons. The Kier molecular flexibility index (Phi) is 1.90. The summed E-state index contributed by atoms with van der Waals surface area (Å²) < 4.78 is 13.4. The average Bonchev–Trinajstić information content (AvgIpc) is 2.83. The summed E-state index contributed by atoms with van der Waals surface area (Å²) in [5, 5.41) is 18.1. The van der Waals surface area contributed by atoms with Gasteiger partial charge in [-0.05, 0) is 18.9 Å². The lowest BCUT2D eigenvalue weighted by molar-refractivity contribution is 0.467. The molecule has 0 atom stereocenters. The normalized spacial score (nSPS) is 17.5. The lowest BCUT2D eigenvalue weighted by Crippen LogP contribution is -2.06. The second-order valence-corrected chi connectivity index (χ2v) is 3.89. The molecule has 0 bridgehead atoms. The molecule has 14 heavy (non-hydrogen) atoms. The van der Waals surface area contributed by atoms with E-state index in [1.165, 1.54) is 6.07 Å². The summed E-state index contributed by atoms with van der Waals surface area (Å²) >= 11 is 5.79. The van der Waals surface area contributed by atoms with Crippen LogP contribution in [0.4, 0.5) is 4.39 Å². The van der Waals surface area contributed by atoms with Crippen LogP contribution in [-0.4, -0.2) is 5.11 Å². The van der Waals surface area contributed by atoms with Gasteiger partial charge in [0.05, 0.1) is 16.5 Å². The number of phenols is 1. The molecule has 0 amide bonds. The molecule has 0 aliphatic heterocycles. The summed E-state index contributed by atoms with van der Waals surface area (Å²) in [7, 11) is 0. The monoisotopic (exact) mass is 211 g/mol. The Balaban J connectivity index is 2.60. The third-order valence-corrected chi connectivity index (χ3v) is 2.77. The third-order valence-electron chi connectivity index (χ3n) is 2.47. The molecule has 0 spiro atoms. The summed E-state index contributed by atoms with van der Waals surface area (Å²) in [5.41, 5.74) is -0.533. The summed E-state index contributed by atoms with van der Waals surface area (Å²) in [6, 6.07) is 4.31. The van der Waals surface area contributed by atoms with Crippen molar-refractivity contribution in [3.63, 3.8) is 0 Å². The molecule has 1 aliphatic rings. The Labute approximate surface area is 85.5 Å². The van der Waals surface area contributed by atoms with E-state index in [-0.39, 0.29) is 16.3 Å². The number of hydrogen-bond acceptors (Lipinski definition) is 2. The number of nitrogens with zero attached hydrogens (tertiary/aromatic N) is 1. The fourth-order valence-electron chi connectivity index (χ4n) is 1.56. The van der Waals surface area contributed by atoms with Crippen molar-refractivity contribution in [3.8, 4) is 11.8 Å². The van der Waals surface area contributed by atoms with Crippen LogP contribution in [0.15, 0.2) is 12.1 Å². The number of rotatable bonds is 1. The fourth-order valence-corrected chi connectivity index (χ4v) is 1.94. The Morgan fingerprint density at radius 1 is 1.50 bits per heavy atom. The quantitative estimate of drug-likeness (QED) is 0.776. The van der Waals surface area contributed by atoms with E-state index >= 15 is 0 Å². The van der Waals surface area contributed by atoms with Crippen molar-refractivity contribution in [3.05, 3.63) is 28.5 Å². The molecular formula is C10H7ClFNO. The van der Waals surface area contributed by atoms with Crippen LogP contribution < -0.4 is 0 Å². The van der Waals surface area contributed by atoms with Gasteiger partial charge >= 0.3 is 0 Å². The van der Waals surface area contributed by atoms with E-state index in [4.69, 9.17) is 22.0 Å². The van der Waals surface area contributed by atoms with Crippen LogP contribution in [0.3, 0.4) is 0 Å². The largest absolute Gasteiger partial charge is 0.508 e. The minimum absolute atomic E-state index is 0.126. The molecule has 0 aromatic heterocycles. The highest BCUT2D eigenvalue weighted by atomic mass is 35.5. The molecule has 2 rings (SSSR count). The van der Waals surface area contributed by atoms with Crippen LogP contribution in [0.25, 0.3) is 0 Å². The predicted octanol–water partition coefficient (Wildman–Crippen LogP) is 2.74. The zero-order chi connectivity index (χ0) is 10.3. The molecule has 1 aliphatic carbocycles. The van der Waals surface area contributed by atoms with Crippen LogP contribution in [0.1, 0.15) is 18.4 Å². The standard InChI is InChI=1S/C10H7ClFNO/c11-7-3-6(14)4-8(12)9(7)10(5-13)1-2-10/h3-4,14H,1-2H2. The predicted molar refractivity (Wildman–Crippen MR) is 49.6 cm³/mol. The molecule has 1 fully saturated rings. The van der Waals surface area contributed by atoms with Crippen LogP contribution in [0, 0.1) is 17.1 Å². The SMILES string of the molecule is N#CC1(c2c(F)cc(O)cc2Cl)CC1. The first kappa shape index (κ1) is 9.29. The number of hydrogen-bond donors (Lipinski definition) is 1. The van der Waals surface area contributed by atoms with Crippen molar-refractivity contribution in [2.45, 2.75) is 18.3 Å². The Morgan fingerprint density at radius 3 is 2.57 bits per heavy atom. The fraction of sp³-hybridized carbons (Fsp3) is 0.300. The zero-order valence-electron chi connectivity index (χ0n) is 7.22. The first-order valence-corrected chi connectivity index (χ1v) is 4.56. The van der Waals surface area contributed by atoms with Gasteiger partial charge in [0.25, 0.3) is 0 Å². The maximum Gasteiger partial charge on any atom is 0.133 e. The van der Waals surface area contributed by atoms with E-state index in [0.717, 1.165) is 6.07 Å². The van der Waals surface area contributed by atoms with E-state index in [0.29, 0.717) is 12.8 Å². The van der Waals surface area contributed by atoms with E-state index in [9.17, 15) is 4.39 Å². The van der Waals surface area contributed by atoms with Gasteiger partial charge in [-0.3, -0.25) is 0 Å². The molecule has 1 aromatic carbocycles. The Bertz CT molecular complexity index is 411. The number of benzene rings is 1. The van der Waals surface area contributed by atoms with Crippen molar-refractivity contribution in [2.24, 2.45) is 0 Å². The van der Waals surface area contributed by atoms with Crippen LogP contribution in [0.5, 0.6) is 5.75 Å². The van der Waals surface area contributed by atoms with Gasteiger partial charge in [-0.25, -0.2) is 4.39 Å². The topological polar surface area (TPSA) is 44.0 Å². The highest BCUT2D eigenvalue weighted by molar-refractivity contribution is 6.31. The highest BCUT2D eigenvalue weighted by Crippen LogP contribution is 2.51. The maximum atomic E-state index is 13.4. The first-order chi connectivity index (χ1) is 6.59. The van der Waals surface area contributed by atoms with Gasteiger partial charge in [-0.1, -0.05) is 11.6 Å². The number of nitriles is 1. The van der Waals surface area contributed by atoms with Crippen LogP contribution in [-0.2, 0) is 5.41 Å². The first-order valence-electron chi connectivity index (χ1n) is 4.19. The second-order valence-electron chi connectivity index (χ2n) is 3.48. The summed E-state index contributed by atoms with van der Waals surface area (Å²) in [5.74, 6) is -0.820. The van der Waals surface area contributed by atoms with Crippen molar-refractivity contribution in [2.75, 3.05) is 0 Å². The molecule has 1 saturated carbocycles. The van der Waals surface area contributed by atoms with Crippen LogP contribution in [0.2, 0.25) is 5.02 Å². The highest BCUT2D eigenvalue weighted by Gasteiger charge is 2.48. The number of aromatic hydroxyl groups is 1. The summed E-state index contributed by atoms with van der Waals surface area (Å²) in [6.07, 6.45) is 1.26. The smallest absolute Gasteiger partial charge is 0.133 e. The average molecular weight is 212 g/mol. The maximum absolute atomic E-state index is 13.4. The zero-order valence-corrected chi connectivity index (χ0v) is 7.98. The van der Waals surface area contributed by atoms with E-state index in [1.54, 1.807) is 0 Å². The van der Waals surface area contributed by atoms with Gasteiger partial charge in [0.1, 0.15) is 11.6 Å². The van der Waals surface area contributed by atoms with Gasteiger partial charge < -0.3 is 5.11 Å². The molecule has 4 heteroatoms. The molecule has 2 nitrogen and oxygen atoms in total. The Hall–Kier alpha value is -1.27. The van der Waals surface area contributed by atoms with Gasteiger partial charge in [0, 0.05) is 11.6 Å². The van der Waals surface area contributed by atoms with Crippen molar-refractivity contribution < 1.29 is 9.50 Å². The van der Waals surface area contributed by atoms with Crippen LogP contribution >= 0.6 is 11.6 Å². The van der Waals surface area contributed by atoms with Crippen molar-refractivity contribution in [1.29, 1.82) is 5.26 Å². The molecule has 72 valence electrons. The van der Waals surface area contributed by atoms with Crippen molar-refractivity contribution >= 4 is 11.6 Å². The minimum Gasteiger partial charge on any atom is -0.508 e. The van der Waals surface area contributed by atoms with Gasteiger partial charge in [-0.15, -0.1) is 0 Å². The lowest BCUT2D eigenvalue weighted by atomic mass is 9.97. The minimum atomic E-state index is -0.755. The van der Waals surface area contributed by atoms with Gasteiger partial charge in [-0.2, -0.15) is 5.26 Å². The number of halogens is 2. The summed E-state index contributed by atoms with van der Waals surface area (Å²) in [4.78, 5) is 0. The van der Waals surface area contributed by atoms with Crippen molar-refractivity contribution in [1.82, 2.24) is 0 Å². The van der Waals surface area contributed by atoms with Gasteiger partial charge in [0.2, 0.25) is 0 Å². The third kappa shape index (κ3) is 1.23. The van der Waals surface area contributed by atoms with Gasteiger partial charge in [0.15, 0.2) is 0 Å². The Morgan fingerprint density at radius 2 is 2.14 bits per heavy atom. The molecule has 0 saturated heterocycles. The molecular weight excluding hydrogens is 205 g/mol.